The molecule has 0 aromatic carbocycles. The van der Waals surface area contributed by atoms with E-state index in [1.54, 1.807) is 0 Å². The molecule has 0 spiro atoms. The van der Waals surface area contributed by atoms with Crippen LogP contribution in [0, 0.1) is 0 Å². The molecule has 2 atom stereocenters. The molecule has 0 radical (unpaired) electrons. The van der Waals surface area contributed by atoms with Crippen molar-refractivity contribution in [3.63, 3.8) is 0 Å². The Morgan fingerprint density at radius 2 is 1.83 bits per heavy atom. The molecule has 2 heteroatoms. The Labute approximate surface area is 74.9 Å². The molecule has 0 bridgehead atoms. The summed E-state index contributed by atoms with van der Waals surface area (Å²) in [6.45, 7) is 2.44. The maximum absolute atomic E-state index is 8.69. The maximum atomic E-state index is 8.69. The normalized spacial score (nSPS) is 27.5. The van der Waals surface area contributed by atoms with Crippen LogP contribution in [-0.4, -0.2) is 23.9 Å². The van der Waals surface area contributed by atoms with Crippen LogP contribution in [0.3, 0.4) is 0 Å². The van der Waals surface area contributed by atoms with Gasteiger partial charge in [-0.25, -0.2) is 0 Å². The van der Waals surface area contributed by atoms with Crippen molar-refractivity contribution in [2.75, 3.05) is 6.61 Å². The van der Waals surface area contributed by atoms with Crippen molar-refractivity contribution in [3.05, 3.63) is 0 Å². The number of aliphatic hydroxyl groups excluding tert-OH is 1. The van der Waals surface area contributed by atoms with Crippen LogP contribution in [0.25, 0.3) is 0 Å². The van der Waals surface area contributed by atoms with E-state index in [4.69, 9.17) is 9.84 Å². The highest BCUT2D eigenvalue weighted by molar-refractivity contribution is 4.83. The highest BCUT2D eigenvalue weighted by Crippen LogP contribution is 2.26. The standard InChI is InChI=1S/C10H20O2/c1-2-3-4-5-6-7-9-10(8-11)12-9/h9-11H,2-8H2,1H3/t9-,10+/m1/s1. The van der Waals surface area contributed by atoms with E-state index in [0.717, 1.165) is 6.42 Å². The second-order valence-electron chi connectivity index (χ2n) is 3.60. The molecule has 2 nitrogen and oxygen atoms in total. The minimum absolute atomic E-state index is 0.177. The molecule has 0 unspecified atom stereocenters. The first-order chi connectivity index (χ1) is 5.88. The van der Waals surface area contributed by atoms with Gasteiger partial charge in [0.25, 0.3) is 0 Å². The van der Waals surface area contributed by atoms with Crippen LogP contribution >= 0.6 is 0 Å². The molecule has 1 aliphatic heterocycles. The van der Waals surface area contributed by atoms with Gasteiger partial charge in [0.05, 0.1) is 12.7 Å². The minimum Gasteiger partial charge on any atom is -0.394 e. The molecular weight excluding hydrogens is 152 g/mol. The number of ether oxygens (including phenoxy) is 1. The zero-order valence-electron chi connectivity index (χ0n) is 7.96. The zero-order chi connectivity index (χ0) is 8.81. The lowest BCUT2D eigenvalue weighted by Gasteiger charge is -1.96. The maximum Gasteiger partial charge on any atom is 0.107 e. The van der Waals surface area contributed by atoms with E-state index >= 15 is 0 Å². The third-order valence-electron chi connectivity index (χ3n) is 2.46. The van der Waals surface area contributed by atoms with Crippen LogP contribution in [-0.2, 0) is 4.74 Å². The Hall–Kier alpha value is -0.0800. The van der Waals surface area contributed by atoms with Crippen molar-refractivity contribution >= 4 is 0 Å². The summed E-state index contributed by atoms with van der Waals surface area (Å²) < 4.78 is 5.22. The first-order valence-corrected chi connectivity index (χ1v) is 5.14. The van der Waals surface area contributed by atoms with Crippen LogP contribution in [0.4, 0.5) is 0 Å². The molecule has 1 N–H and O–H groups in total. The summed E-state index contributed by atoms with van der Waals surface area (Å²) in [7, 11) is 0. The highest BCUT2D eigenvalue weighted by atomic mass is 16.6. The first-order valence-electron chi connectivity index (χ1n) is 5.14. The second kappa shape index (κ2) is 5.55. The summed E-state index contributed by atoms with van der Waals surface area (Å²) in [4.78, 5) is 0. The summed E-state index contributed by atoms with van der Waals surface area (Å²) in [5, 5.41) is 8.69. The Morgan fingerprint density at radius 3 is 2.42 bits per heavy atom. The molecule has 1 heterocycles. The smallest absolute Gasteiger partial charge is 0.107 e. The van der Waals surface area contributed by atoms with Gasteiger partial charge in [-0.05, 0) is 6.42 Å². The summed E-state index contributed by atoms with van der Waals surface area (Å²) in [5.74, 6) is 0. The van der Waals surface area contributed by atoms with Gasteiger partial charge in [0.1, 0.15) is 6.10 Å². The number of unbranched alkanes of at least 4 members (excludes halogenated alkanes) is 4. The van der Waals surface area contributed by atoms with Crippen molar-refractivity contribution in [1.29, 1.82) is 0 Å². The number of hydrogen-bond acceptors (Lipinski definition) is 2. The monoisotopic (exact) mass is 172 g/mol. The van der Waals surface area contributed by atoms with Crippen LogP contribution < -0.4 is 0 Å². The number of aliphatic hydroxyl groups is 1. The van der Waals surface area contributed by atoms with E-state index in [1.807, 2.05) is 0 Å². The van der Waals surface area contributed by atoms with Gasteiger partial charge in [-0.3, -0.25) is 0 Å². The number of rotatable bonds is 7. The fraction of sp³-hybridized carbons (Fsp3) is 1.00. The average Bonchev–Trinajstić information content (AvgIpc) is 2.83. The fourth-order valence-electron chi connectivity index (χ4n) is 1.54. The van der Waals surface area contributed by atoms with E-state index in [9.17, 15) is 0 Å². The molecular formula is C10H20O2. The SMILES string of the molecule is CCCCCCC[C@H]1O[C@H]1CO. The predicted molar refractivity (Wildman–Crippen MR) is 49.1 cm³/mol. The van der Waals surface area contributed by atoms with Gasteiger partial charge in [-0.15, -0.1) is 0 Å². The van der Waals surface area contributed by atoms with Gasteiger partial charge in [0.15, 0.2) is 0 Å². The summed E-state index contributed by atoms with van der Waals surface area (Å²) in [6.07, 6.45) is 8.32. The molecule has 0 saturated carbocycles. The Morgan fingerprint density at radius 1 is 1.08 bits per heavy atom. The van der Waals surface area contributed by atoms with E-state index in [2.05, 4.69) is 6.92 Å². The number of hydrogen-bond donors (Lipinski definition) is 1. The van der Waals surface area contributed by atoms with Crippen LogP contribution in [0.15, 0.2) is 0 Å². The van der Waals surface area contributed by atoms with Gasteiger partial charge in [0, 0.05) is 0 Å². The second-order valence-corrected chi connectivity index (χ2v) is 3.60. The lowest BCUT2D eigenvalue weighted by Crippen LogP contribution is -1.98. The summed E-state index contributed by atoms with van der Waals surface area (Å²) >= 11 is 0. The van der Waals surface area contributed by atoms with Crippen molar-refractivity contribution < 1.29 is 9.84 Å². The van der Waals surface area contributed by atoms with E-state index in [0.29, 0.717) is 6.10 Å². The van der Waals surface area contributed by atoms with Crippen molar-refractivity contribution in [1.82, 2.24) is 0 Å². The van der Waals surface area contributed by atoms with E-state index in [-0.39, 0.29) is 12.7 Å². The molecule has 1 rings (SSSR count). The Bertz CT molecular complexity index is 114. The predicted octanol–water partition coefficient (Wildman–Crippen LogP) is 2.11. The van der Waals surface area contributed by atoms with Gasteiger partial charge in [0.2, 0.25) is 0 Å². The molecule has 0 aliphatic carbocycles. The van der Waals surface area contributed by atoms with Gasteiger partial charge >= 0.3 is 0 Å². The molecule has 0 amide bonds. The number of epoxide rings is 1. The molecule has 0 aromatic heterocycles. The largest absolute Gasteiger partial charge is 0.394 e. The fourth-order valence-corrected chi connectivity index (χ4v) is 1.54. The van der Waals surface area contributed by atoms with E-state index < -0.39 is 0 Å². The zero-order valence-corrected chi connectivity index (χ0v) is 7.96. The third kappa shape index (κ3) is 3.55. The van der Waals surface area contributed by atoms with Gasteiger partial charge in [-0.2, -0.15) is 0 Å². The van der Waals surface area contributed by atoms with Crippen LogP contribution in [0.2, 0.25) is 0 Å². The average molecular weight is 172 g/mol. The van der Waals surface area contributed by atoms with Gasteiger partial charge in [-0.1, -0.05) is 39.0 Å². The van der Waals surface area contributed by atoms with E-state index in [1.165, 1.54) is 32.1 Å². The minimum atomic E-state index is 0.177. The van der Waals surface area contributed by atoms with Crippen LogP contribution in [0.1, 0.15) is 45.4 Å². The molecule has 72 valence electrons. The van der Waals surface area contributed by atoms with Crippen molar-refractivity contribution in [2.45, 2.75) is 57.7 Å². The van der Waals surface area contributed by atoms with Crippen molar-refractivity contribution in [2.24, 2.45) is 0 Å². The van der Waals surface area contributed by atoms with Gasteiger partial charge < -0.3 is 9.84 Å². The lowest BCUT2D eigenvalue weighted by atomic mass is 10.1. The molecule has 1 aliphatic rings. The lowest BCUT2D eigenvalue weighted by molar-refractivity contribution is 0.241. The quantitative estimate of drug-likeness (QED) is 0.471. The Kier molecular flexibility index (Phi) is 4.62. The molecule has 1 fully saturated rings. The summed E-state index contributed by atoms with van der Waals surface area (Å²) in [5.41, 5.74) is 0. The topological polar surface area (TPSA) is 32.8 Å². The summed E-state index contributed by atoms with van der Waals surface area (Å²) in [6, 6.07) is 0. The van der Waals surface area contributed by atoms with Crippen LogP contribution in [0.5, 0.6) is 0 Å². The Balaban J connectivity index is 1.78. The molecule has 0 aromatic rings. The first kappa shape index (κ1) is 10.0. The molecule has 1 saturated heterocycles. The van der Waals surface area contributed by atoms with Crippen molar-refractivity contribution in [3.8, 4) is 0 Å². The molecule has 12 heavy (non-hydrogen) atoms. The highest BCUT2D eigenvalue weighted by Gasteiger charge is 2.36. The third-order valence-corrected chi connectivity index (χ3v) is 2.46.